The van der Waals surface area contributed by atoms with Crippen molar-refractivity contribution in [3.63, 3.8) is 0 Å². The first kappa shape index (κ1) is 10.4. The van der Waals surface area contributed by atoms with Gasteiger partial charge in [0.25, 0.3) is 0 Å². The van der Waals surface area contributed by atoms with Gasteiger partial charge in [-0.3, -0.25) is 0 Å². The van der Waals surface area contributed by atoms with E-state index in [2.05, 4.69) is 4.74 Å². The maximum Gasteiger partial charge on any atom is 0.184 e. The third kappa shape index (κ3) is 1.79. The maximum atomic E-state index is 10.3. The monoisotopic (exact) mass is 193 g/mol. The highest BCUT2D eigenvalue weighted by Crippen LogP contribution is 2.19. The van der Waals surface area contributed by atoms with Crippen molar-refractivity contribution in [1.82, 2.24) is 0 Å². The number of carboxylic acids is 1. The van der Waals surface area contributed by atoms with Crippen LogP contribution >= 0.6 is 0 Å². The van der Waals surface area contributed by atoms with Crippen molar-refractivity contribution in [2.75, 3.05) is 0 Å². The number of aliphatic hydroxyl groups is 4. The van der Waals surface area contributed by atoms with Crippen LogP contribution in [-0.4, -0.2) is 57.1 Å². The fourth-order valence-electron chi connectivity index (χ4n) is 1.06. The fourth-order valence-corrected chi connectivity index (χ4v) is 1.06. The molecule has 76 valence electrons. The Morgan fingerprint density at radius 1 is 1.08 bits per heavy atom. The number of carbonyl (C=O) groups excluding carboxylic acids is 1. The van der Waals surface area contributed by atoms with Crippen LogP contribution in [0.2, 0.25) is 0 Å². The van der Waals surface area contributed by atoms with Crippen LogP contribution in [0.15, 0.2) is 0 Å². The van der Waals surface area contributed by atoms with E-state index in [9.17, 15) is 9.90 Å². The molecule has 4 N–H and O–H groups in total. The number of aliphatic hydroxyl groups excluding tert-OH is 4. The molecule has 0 aromatic rings. The largest absolute Gasteiger partial charge is 0.547 e. The van der Waals surface area contributed by atoms with Gasteiger partial charge in [0, 0.05) is 0 Å². The molecule has 5 atom stereocenters. The van der Waals surface area contributed by atoms with Crippen LogP contribution in [0.4, 0.5) is 0 Å². The van der Waals surface area contributed by atoms with E-state index >= 15 is 0 Å². The Bertz CT molecular complexity index is 205. The number of carboxylic acid groups (broad SMARTS) is 1. The fraction of sp³-hybridized carbons (Fsp3) is 0.833. The van der Waals surface area contributed by atoms with Gasteiger partial charge in [-0.05, 0) is 0 Å². The molecule has 0 radical (unpaired) electrons. The minimum Gasteiger partial charge on any atom is -0.547 e. The van der Waals surface area contributed by atoms with Crippen LogP contribution in [0.5, 0.6) is 0 Å². The lowest BCUT2D eigenvalue weighted by atomic mass is 9.99. The molecule has 7 heteroatoms. The Kier molecular flexibility index (Phi) is 2.84. The van der Waals surface area contributed by atoms with E-state index in [1.807, 2.05) is 0 Å². The van der Waals surface area contributed by atoms with Gasteiger partial charge < -0.3 is 35.1 Å². The summed E-state index contributed by atoms with van der Waals surface area (Å²) in [6.45, 7) is 0. The Hall–Kier alpha value is -0.730. The minimum absolute atomic E-state index is 1.73. The average Bonchev–Trinajstić information content (AvgIpc) is 2.07. The zero-order chi connectivity index (χ0) is 10.2. The molecular formula is C6H9O7-. The number of rotatable bonds is 1. The van der Waals surface area contributed by atoms with Crippen LogP contribution in [0, 0.1) is 0 Å². The second-order valence-electron chi connectivity index (χ2n) is 2.74. The third-order valence-corrected chi connectivity index (χ3v) is 1.82. The first-order valence-electron chi connectivity index (χ1n) is 3.53. The summed E-state index contributed by atoms with van der Waals surface area (Å²) in [7, 11) is 0. The van der Waals surface area contributed by atoms with Crippen molar-refractivity contribution in [3.8, 4) is 0 Å². The number of hydrogen-bond acceptors (Lipinski definition) is 7. The second-order valence-corrected chi connectivity index (χ2v) is 2.74. The van der Waals surface area contributed by atoms with Crippen molar-refractivity contribution < 1.29 is 35.1 Å². The molecule has 1 rings (SSSR count). The normalized spacial score (nSPS) is 46.0. The van der Waals surface area contributed by atoms with Crippen LogP contribution < -0.4 is 5.11 Å². The van der Waals surface area contributed by atoms with Crippen LogP contribution in [0.1, 0.15) is 0 Å². The summed E-state index contributed by atoms with van der Waals surface area (Å²) in [6, 6.07) is 0. The molecule has 0 spiro atoms. The first-order chi connectivity index (χ1) is 5.95. The van der Waals surface area contributed by atoms with Gasteiger partial charge in [0.05, 0.1) is 5.97 Å². The predicted molar refractivity (Wildman–Crippen MR) is 33.9 cm³/mol. The Morgan fingerprint density at radius 2 is 1.62 bits per heavy atom. The van der Waals surface area contributed by atoms with E-state index in [1.165, 1.54) is 0 Å². The van der Waals surface area contributed by atoms with E-state index in [1.54, 1.807) is 0 Å². The highest BCUT2D eigenvalue weighted by Gasteiger charge is 2.43. The molecule has 0 aromatic carbocycles. The van der Waals surface area contributed by atoms with Crippen LogP contribution in [0.3, 0.4) is 0 Å². The summed E-state index contributed by atoms with van der Waals surface area (Å²) >= 11 is 0. The highest BCUT2D eigenvalue weighted by atomic mass is 16.6. The lowest BCUT2D eigenvalue weighted by molar-refractivity contribution is -0.345. The summed E-state index contributed by atoms with van der Waals surface area (Å²) in [5.74, 6) is -1.77. The van der Waals surface area contributed by atoms with Crippen molar-refractivity contribution in [2.24, 2.45) is 0 Å². The molecule has 0 aliphatic carbocycles. The Morgan fingerprint density at radius 3 is 2.08 bits per heavy atom. The van der Waals surface area contributed by atoms with Gasteiger partial charge >= 0.3 is 0 Å². The molecule has 1 aliphatic rings. The van der Waals surface area contributed by atoms with Gasteiger partial charge in [0.1, 0.15) is 24.4 Å². The zero-order valence-electron chi connectivity index (χ0n) is 6.40. The molecule has 7 nitrogen and oxygen atoms in total. The van der Waals surface area contributed by atoms with Gasteiger partial charge in [0.15, 0.2) is 6.29 Å². The van der Waals surface area contributed by atoms with E-state index < -0.39 is 36.7 Å². The molecule has 1 fully saturated rings. The van der Waals surface area contributed by atoms with Crippen LogP contribution in [0.25, 0.3) is 0 Å². The van der Waals surface area contributed by atoms with E-state index in [0.717, 1.165) is 0 Å². The molecule has 1 saturated heterocycles. The van der Waals surface area contributed by atoms with E-state index in [4.69, 9.17) is 20.4 Å². The van der Waals surface area contributed by atoms with Gasteiger partial charge in [-0.25, -0.2) is 0 Å². The van der Waals surface area contributed by atoms with Crippen molar-refractivity contribution >= 4 is 5.97 Å². The molecule has 1 aliphatic heterocycles. The first-order valence-corrected chi connectivity index (χ1v) is 3.53. The lowest BCUT2D eigenvalue weighted by Crippen LogP contribution is -2.62. The maximum absolute atomic E-state index is 10.3. The van der Waals surface area contributed by atoms with Gasteiger partial charge in [0.2, 0.25) is 0 Å². The molecule has 1 heterocycles. The molecule has 1 unspecified atom stereocenters. The van der Waals surface area contributed by atoms with Gasteiger partial charge in [-0.15, -0.1) is 0 Å². The molecule has 0 bridgehead atoms. The summed E-state index contributed by atoms with van der Waals surface area (Å²) in [4.78, 5) is 10.3. The van der Waals surface area contributed by atoms with Gasteiger partial charge in [-0.1, -0.05) is 0 Å². The number of ether oxygens (including phenoxy) is 1. The smallest absolute Gasteiger partial charge is 0.184 e. The quantitative estimate of drug-likeness (QED) is 0.330. The summed E-state index contributed by atoms with van der Waals surface area (Å²) in [5, 5.41) is 46.1. The standard InChI is InChI=1S/C6H10O7/c7-1-2(8)4(5(10)11)13-6(12)3(1)9/h1-4,6-9,12H,(H,10,11)/p-1/t1-,2-,3+,4?,6+/m1/s1. The van der Waals surface area contributed by atoms with E-state index in [0.29, 0.717) is 0 Å². The molecule has 0 amide bonds. The Balaban J connectivity index is 2.76. The average molecular weight is 193 g/mol. The Labute approximate surface area is 72.8 Å². The van der Waals surface area contributed by atoms with Crippen molar-refractivity contribution in [2.45, 2.75) is 30.7 Å². The second kappa shape index (κ2) is 3.56. The number of aliphatic carboxylic acids is 1. The molecule has 0 aromatic heterocycles. The van der Waals surface area contributed by atoms with Crippen molar-refractivity contribution in [3.05, 3.63) is 0 Å². The number of carbonyl (C=O) groups is 1. The molecule has 0 saturated carbocycles. The van der Waals surface area contributed by atoms with Gasteiger partial charge in [-0.2, -0.15) is 0 Å². The summed E-state index contributed by atoms with van der Waals surface area (Å²) in [6.07, 6.45) is -9.00. The zero-order valence-corrected chi connectivity index (χ0v) is 6.40. The topological polar surface area (TPSA) is 130 Å². The SMILES string of the molecule is O=C([O-])C1O[C@H](O)[C@@H](O)[C@H](O)[C@H]1O. The van der Waals surface area contributed by atoms with Crippen LogP contribution in [-0.2, 0) is 9.53 Å². The number of hydrogen-bond donors (Lipinski definition) is 4. The summed E-state index contributed by atoms with van der Waals surface area (Å²) in [5.41, 5.74) is 0. The highest BCUT2D eigenvalue weighted by molar-refractivity contribution is 5.71. The third-order valence-electron chi connectivity index (χ3n) is 1.82. The lowest BCUT2D eigenvalue weighted by Gasteiger charge is -2.38. The van der Waals surface area contributed by atoms with E-state index in [-0.39, 0.29) is 0 Å². The minimum atomic E-state index is -1.85. The molecular weight excluding hydrogens is 184 g/mol. The predicted octanol–water partition coefficient (Wildman–Crippen LogP) is -4.46. The summed E-state index contributed by atoms with van der Waals surface area (Å²) < 4.78 is 4.28. The van der Waals surface area contributed by atoms with Crippen molar-refractivity contribution in [1.29, 1.82) is 0 Å². The molecule has 13 heavy (non-hydrogen) atoms.